The van der Waals surface area contributed by atoms with Crippen LogP contribution in [0.1, 0.15) is 15.9 Å². The van der Waals surface area contributed by atoms with Crippen LogP contribution in [-0.4, -0.2) is 31.0 Å². The minimum absolute atomic E-state index is 0.0701. The summed E-state index contributed by atoms with van der Waals surface area (Å²) in [6.07, 6.45) is 4.81. The Bertz CT molecular complexity index is 1360. The maximum Gasteiger partial charge on any atom is 0.272 e. The molecule has 4 rings (SSSR count). The van der Waals surface area contributed by atoms with E-state index in [1.807, 2.05) is 42.5 Å². The lowest BCUT2D eigenvalue weighted by atomic mass is 10.1. The fraction of sp³-hybridized carbons (Fsp3) is 0.0741. The normalized spacial score (nSPS) is 11.1. The van der Waals surface area contributed by atoms with Gasteiger partial charge >= 0.3 is 0 Å². The van der Waals surface area contributed by atoms with E-state index in [2.05, 4.69) is 15.6 Å². The molecule has 0 spiro atoms. The van der Waals surface area contributed by atoms with Crippen molar-refractivity contribution in [3.8, 4) is 11.5 Å². The number of aromatic nitrogens is 1. The molecule has 0 atom stereocenters. The van der Waals surface area contributed by atoms with Crippen LogP contribution >= 0.6 is 0 Å². The number of amides is 2. The number of nitrogens with one attached hydrogen (secondary N) is 2. The Balaban J connectivity index is 1.65. The zero-order chi connectivity index (χ0) is 23.9. The molecule has 0 saturated heterocycles. The minimum atomic E-state index is -0.468. The van der Waals surface area contributed by atoms with E-state index in [0.717, 1.165) is 10.8 Å². The molecule has 0 radical (unpaired) electrons. The van der Waals surface area contributed by atoms with E-state index in [1.165, 1.54) is 14.2 Å². The highest BCUT2D eigenvalue weighted by molar-refractivity contribution is 6.13. The lowest BCUT2D eigenvalue weighted by Crippen LogP contribution is -2.30. The fourth-order valence-corrected chi connectivity index (χ4v) is 3.48. The van der Waals surface area contributed by atoms with Gasteiger partial charge in [-0.1, -0.05) is 42.5 Å². The average molecular weight is 453 g/mol. The van der Waals surface area contributed by atoms with Crippen LogP contribution in [0.4, 0.5) is 5.69 Å². The molecule has 0 aliphatic carbocycles. The van der Waals surface area contributed by atoms with E-state index in [9.17, 15) is 9.59 Å². The van der Waals surface area contributed by atoms with Crippen LogP contribution in [0, 0.1) is 0 Å². The van der Waals surface area contributed by atoms with Crippen molar-refractivity contribution >= 4 is 34.4 Å². The van der Waals surface area contributed by atoms with Gasteiger partial charge < -0.3 is 20.1 Å². The topological polar surface area (TPSA) is 89.5 Å². The van der Waals surface area contributed by atoms with Crippen LogP contribution in [0.25, 0.3) is 16.8 Å². The molecule has 7 nitrogen and oxygen atoms in total. The molecule has 0 unspecified atom stereocenters. The first-order valence-electron chi connectivity index (χ1n) is 10.5. The van der Waals surface area contributed by atoms with Gasteiger partial charge in [0.2, 0.25) is 0 Å². The zero-order valence-electron chi connectivity index (χ0n) is 18.7. The Hall–Kier alpha value is -4.65. The fourth-order valence-electron chi connectivity index (χ4n) is 3.48. The summed E-state index contributed by atoms with van der Waals surface area (Å²) in [7, 11) is 3.01. The molecule has 0 bridgehead atoms. The van der Waals surface area contributed by atoms with Crippen LogP contribution in [0.15, 0.2) is 90.9 Å². The molecule has 0 fully saturated rings. The van der Waals surface area contributed by atoms with Crippen molar-refractivity contribution in [1.29, 1.82) is 0 Å². The first-order valence-corrected chi connectivity index (χ1v) is 10.5. The van der Waals surface area contributed by atoms with E-state index in [-0.39, 0.29) is 5.70 Å². The summed E-state index contributed by atoms with van der Waals surface area (Å²) in [6.45, 7) is 0. The maximum atomic E-state index is 13.3. The summed E-state index contributed by atoms with van der Waals surface area (Å²) >= 11 is 0. The Morgan fingerprint density at radius 3 is 2.44 bits per heavy atom. The molecule has 1 aromatic heterocycles. The second kappa shape index (κ2) is 10.3. The molecule has 3 aromatic carbocycles. The number of fused-ring (bicyclic) bond motifs is 1. The molecule has 2 N–H and O–H groups in total. The average Bonchev–Trinajstić information content (AvgIpc) is 2.88. The summed E-state index contributed by atoms with van der Waals surface area (Å²) in [6, 6.07) is 21.7. The van der Waals surface area contributed by atoms with Crippen molar-refractivity contribution in [2.24, 2.45) is 0 Å². The molecular formula is C27H23N3O4. The number of methoxy groups -OCH3 is 2. The molecule has 0 aliphatic rings. The molecule has 0 saturated carbocycles. The summed E-state index contributed by atoms with van der Waals surface area (Å²) in [5, 5.41) is 7.53. The number of ether oxygens (including phenoxy) is 2. The lowest BCUT2D eigenvalue weighted by Gasteiger charge is -2.14. The van der Waals surface area contributed by atoms with Crippen LogP contribution in [0.2, 0.25) is 0 Å². The van der Waals surface area contributed by atoms with Gasteiger partial charge in [-0.15, -0.1) is 0 Å². The van der Waals surface area contributed by atoms with Crippen LogP contribution in [0.5, 0.6) is 11.5 Å². The highest BCUT2D eigenvalue weighted by Gasteiger charge is 2.17. The second-order valence-electron chi connectivity index (χ2n) is 7.35. The summed E-state index contributed by atoms with van der Waals surface area (Å²) in [5.74, 6) is -0.0229. The highest BCUT2D eigenvalue weighted by Crippen LogP contribution is 2.28. The maximum absolute atomic E-state index is 13.3. The van der Waals surface area contributed by atoms with E-state index in [1.54, 1.807) is 48.8 Å². The van der Waals surface area contributed by atoms with Gasteiger partial charge in [0.1, 0.15) is 5.70 Å². The number of carbonyl (C=O) groups excluding carboxylic acids is 2. The number of benzene rings is 3. The van der Waals surface area contributed by atoms with Crippen molar-refractivity contribution in [2.45, 2.75) is 0 Å². The molecule has 0 aliphatic heterocycles. The number of hydrogen-bond acceptors (Lipinski definition) is 5. The predicted molar refractivity (Wildman–Crippen MR) is 132 cm³/mol. The predicted octanol–water partition coefficient (Wildman–Crippen LogP) is 4.66. The van der Waals surface area contributed by atoms with E-state index >= 15 is 0 Å². The minimum Gasteiger partial charge on any atom is -0.493 e. The van der Waals surface area contributed by atoms with Crippen molar-refractivity contribution in [3.05, 3.63) is 102 Å². The van der Waals surface area contributed by atoms with Crippen LogP contribution in [-0.2, 0) is 4.79 Å². The Kier molecular flexibility index (Phi) is 6.84. The first-order chi connectivity index (χ1) is 16.6. The number of pyridine rings is 1. The van der Waals surface area contributed by atoms with Crippen molar-refractivity contribution in [3.63, 3.8) is 0 Å². The molecule has 7 heteroatoms. The molecule has 4 aromatic rings. The number of anilines is 1. The van der Waals surface area contributed by atoms with Gasteiger partial charge in [0, 0.05) is 29.0 Å². The largest absolute Gasteiger partial charge is 0.493 e. The van der Waals surface area contributed by atoms with Gasteiger partial charge in [-0.3, -0.25) is 14.6 Å². The lowest BCUT2D eigenvalue weighted by molar-refractivity contribution is -0.113. The number of hydrogen-bond donors (Lipinski definition) is 2. The molecular weight excluding hydrogens is 430 g/mol. The van der Waals surface area contributed by atoms with Gasteiger partial charge in [-0.05, 0) is 47.4 Å². The van der Waals surface area contributed by atoms with E-state index < -0.39 is 11.8 Å². The Labute approximate surface area is 197 Å². The number of rotatable bonds is 7. The summed E-state index contributed by atoms with van der Waals surface area (Å²) in [4.78, 5) is 30.4. The van der Waals surface area contributed by atoms with Crippen molar-refractivity contribution < 1.29 is 19.1 Å². The van der Waals surface area contributed by atoms with Crippen LogP contribution < -0.4 is 20.1 Å². The quantitative estimate of drug-likeness (QED) is 0.397. The number of carbonyl (C=O) groups is 2. The van der Waals surface area contributed by atoms with Crippen molar-refractivity contribution in [1.82, 2.24) is 10.3 Å². The Morgan fingerprint density at radius 1 is 0.882 bits per heavy atom. The zero-order valence-corrected chi connectivity index (χ0v) is 18.7. The first kappa shape index (κ1) is 22.5. The third-order valence-corrected chi connectivity index (χ3v) is 5.17. The third kappa shape index (κ3) is 5.05. The van der Waals surface area contributed by atoms with E-state index in [0.29, 0.717) is 28.3 Å². The van der Waals surface area contributed by atoms with Gasteiger partial charge in [0.15, 0.2) is 11.5 Å². The van der Waals surface area contributed by atoms with Gasteiger partial charge in [0.05, 0.1) is 14.2 Å². The van der Waals surface area contributed by atoms with Crippen molar-refractivity contribution in [2.75, 3.05) is 19.5 Å². The molecule has 34 heavy (non-hydrogen) atoms. The van der Waals surface area contributed by atoms with Gasteiger partial charge in [0.25, 0.3) is 11.8 Å². The second-order valence-corrected chi connectivity index (χ2v) is 7.35. The highest BCUT2D eigenvalue weighted by atomic mass is 16.5. The van der Waals surface area contributed by atoms with Gasteiger partial charge in [-0.2, -0.15) is 0 Å². The molecule has 2 amide bonds. The van der Waals surface area contributed by atoms with Crippen LogP contribution in [0.3, 0.4) is 0 Å². The summed E-state index contributed by atoms with van der Waals surface area (Å²) < 4.78 is 10.5. The summed E-state index contributed by atoms with van der Waals surface area (Å²) in [5.41, 5.74) is 1.69. The molecule has 170 valence electrons. The van der Waals surface area contributed by atoms with Gasteiger partial charge in [-0.25, -0.2) is 0 Å². The molecule has 1 heterocycles. The SMILES string of the molecule is COc1ccc(C(=O)N/C(=C/c2cccnc2)C(=O)Nc2cccc3ccccc23)cc1OC. The Morgan fingerprint density at radius 2 is 1.68 bits per heavy atom. The van der Waals surface area contributed by atoms with E-state index in [4.69, 9.17) is 9.47 Å². The smallest absolute Gasteiger partial charge is 0.272 e. The standard InChI is InChI=1S/C27H23N3O4/c1-33-24-13-12-20(16-25(24)34-2)26(31)30-23(15-18-7-6-14-28-17-18)27(32)29-22-11-5-9-19-8-3-4-10-21(19)22/h3-17H,1-2H3,(H,29,32)(H,30,31)/b23-15+. The third-order valence-electron chi connectivity index (χ3n) is 5.17. The number of nitrogens with zero attached hydrogens (tertiary/aromatic N) is 1. The monoisotopic (exact) mass is 453 g/mol.